The number of aryl methyl sites for hydroxylation is 2. The van der Waals surface area contributed by atoms with Gasteiger partial charge in [-0.05, 0) is 51.6 Å². The molecule has 1 aromatic carbocycles. The lowest BCUT2D eigenvalue weighted by Crippen LogP contribution is -2.35. The van der Waals surface area contributed by atoms with E-state index in [4.69, 9.17) is 4.74 Å². The van der Waals surface area contributed by atoms with Crippen molar-refractivity contribution in [3.05, 3.63) is 34.9 Å². The summed E-state index contributed by atoms with van der Waals surface area (Å²) in [6, 6.07) is 5.68. The molecule has 112 valence electrons. The molecule has 1 N–H and O–H groups in total. The molecule has 0 aliphatic carbocycles. The van der Waals surface area contributed by atoms with Crippen LogP contribution in [0.3, 0.4) is 0 Å². The van der Waals surface area contributed by atoms with E-state index < -0.39 is 6.04 Å². The van der Waals surface area contributed by atoms with Gasteiger partial charge in [-0.25, -0.2) is 4.79 Å². The van der Waals surface area contributed by atoms with Crippen molar-refractivity contribution in [2.75, 3.05) is 33.8 Å². The third-order valence-electron chi connectivity index (χ3n) is 3.26. The van der Waals surface area contributed by atoms with Gasteiger partial charge in [0.15, 0.2) is 0 Å². The molecule has 0 spiro atoms. The zero-order valence-electron chi connectivity index (χ0n) is 13.2. The Labute approximate surface area is 122 Å². The van der Waals surface area contributed by atoms with E-state index in [0.29, 0.717) is 6.61 Å². The number of carbonyl (C=O) groups excluding carboxylic acids is 1. The van der Waals surface area contributed by atoms with E-state index in [-0.39, 0.29) is 5.97 Å². The number of ether oxygens (including phenoxy) is 1. The van der Waals surface area contributed by atoms with Gasteiger partial charge in [0.2, 0.25) is 0 Å². The van der Waals surface area contributed by atoms with Gasteiger partial charge in [0.25, 0.3) is 0 Å². The normalized spacial score (nSPS) is 12.5. The summed E-state index contributed by atoms with van der Waals surface area (Å²) in [4.78, 5) is 14.3. The summed E-state index contributed by atoms with van der Waals surface area (Å²) in [7, 11) is 4.03. The summed E-state index contributed by atoms with van der Waals surface area (Å²) in [6.07, 6.45) is 0. The van der Waals surface area contributed by atoms with Crippen LogP contribution in [0.4, 0.5) is 0 Å². The number of benzene rings is 1. The quantitative estimate of drug-likeness (QED) is 0.775. The predicted octanol–water partition coefficient (Wildman–Crippen LogP) is 2.06. The van der Waals surface area contributed by atoms with Gasteiger partial charge in [-0.2, -0.15) is 0 Å². The predicted molar refractivity (Wildman–Crippen MR) is 81.8 cm³/mol. The molecule has 4 nitrogen and oxygen atoms in total. The minimum absolute atomic E-state index is 0.205. The Morgan fingerprint density at radius 3 is 2.40 bits per heavy atom. The summed E-state index contributed by atoms with van der Waals surface area (Å²) in [5, 5.41) is 3.32. The van der Waals surface area contributed by atoms with Crippen molar-refractivity contribution >= 4 is 5.97 Å². The first-order valence-electron chi connectivity index (χ1n) is 7.08. The maximum atomic E-state index is 12.2. The maximum Gasteiger partial charge on any atom is 0.327 e. The van der Waals surface area contributed by atoms with Crippen molar-refractivity contribution in [1.29, 1.82) is 0 Å². The van der Waals surface area contributed by atoms with E-state index >= 15 is 0 Å². The van der Waals surface area contributed by atoms with Crippen molar-refractivity contribution in [2.45, 2.75) is 26.8 Å². The van der Waals surface area contributed by atoms with Crippen LogP contribution < -0.4 is 5.32 Å². The molecule has 0 fully saturated rings. The van der Waals surface area contributed by atoms with Crippen LogP contribution in [0.2, 0.25) is 0 Å². The molecule has 1 atom stereocenters. The topological polar surface area (TPSA) is 41.6 Å². The molecule has 0 radical (unpaired) electrons. The molecule has 4 heteroatoms. The van der Waals surface area contributed by atoms with Crippen molar-refractivity contribution in [1.82, 2.24) is 10.2 Å². The summed E-state index contributed by atoms with van der Waals surface area (Å²) >= 11 is 0. The van der Waals surface area contributed by atoms with Gasteiger partial charge in [-0.15, -0.1) is 0 Å². The average molecular weight is 278 g/mol. The van der Waals surface area contributed by atoms with Gasteiger partial charge in [0.05, 0.1) is 6.61 Å². The summed E-state index contributed by atoms with van der Waals surface area (Å²) in [5.41, 5.74) is 3.26. The van der Waals surface area contributed by atoms with Gasteiger partial charge >= 0.3 is 5.97 Å². The number of carbonyl (C=O) groups is 1. The highest BCUT2D eigenvalue weighted by Crippen LogP contribution is 2.23. The number of esters is 1. The standard InChI is InChI=1S/C16H26N2O2/c1-6-20-16(19)15(17-10-11-18(4)5)14-12(2)8-7-9-13(14)3/h7-9,15,17H,6,10-11H2,1-5H3. The van der Waals surface area contributed by atoms with Crippen LogP contribution in [0.1, 0.15) is 29.7 Å². The Kier molecular flexibility index (Phi) is 6.68. The molecule has 0 aromatic heterocycles. The first kappa shape index (κ1) is 16.7. The molecule has 0 amide bonds. The largest absolute Gasteiger partial charge is 0.465 e. The molecule has 0 saturated carbocycles. The molecule has 0 bridgehead atoms. The molecule has 0 aliphatic rings. The second kappa shape index (κ2) is 8.02. The van der Waals surface area contributed by atoms with Crippen LogP contribution in [0.25, 0.3) is 0 Å². The van der Waals surface area contributed by atoms with E-state index in [9.17, 15) is 4.79 Å². The van der Waals surface area contributed by atoms with Gasteiger partial charge in [0, 0.05) is 13.1 Å². The van der Waals surface area contributed by atoms with E-state index in [1.54, 1.807) is 0 Å². The third-order valence-corrected chi connectivity index (χ3v) is 3.26. The van der Waals surface area contributed by atoms with Crippen LogP contribution in [0, 0.1) is 13.8 Å². The molecule has 1 rings (SSSR count). The first-order chi connectivity index (χ1) is 9.47. The smallest absolute Gasteiger partial charge is 0.327 e. The van der Waals surface area contributed by atoms with Crippen LogP contribution in [-0.4, -0.2) is 44.7 Å². The van der Waals surface area contributed by atoms with E-state index in [2.05, 4.69) is 10.2 Å². The number of nitrogens with zero attached hydrogens (tertiary/aromatic N) is 1. The van der Waals surface area contributed by atoms with Gasteiger partial charge < -0.3 is 9.64 Å². The Morgan fingerprint density at radius 1 is 1.30 bits per heavy atom. The summed E-state index contributed by atoms with van der Waals surface area (Å²) in [6.45, 7) is 7.91. The maximum absolute atomic E-state index is 12.2. The number of nitrogens with one attached hydrogen (secondary N) is 1. The van der Waals surface area contributed by atoms with Gasteiger partial charge in [0.1, 0.15) is 6.04 Å². The lowest BCUT2D eigenvalue weighted by molar-refractivity contribution is -0.145. The van der Waals surface area contributed by atoms with Crippen LogP contribution >= 0.6 is 0 Å². The fourth-order valence-corrected chi connectivity index (χ4v) is 2.24. The minimum atomic E-state index is -0.393. The molecule has 20 heavy (non-hydrogen) atoms. The summed E-state index contributed by atoms with van der Waals surface area (Å²) in [5.74, 6) is -0.205. The molecule has 0 heterocycles. The van der Waals surface area contributed by atoms with Crippen molar-refractivity contribution in [2.24, 2.45) is 0 Å². The molecule has 0 saturated heterocycles. The van der Waals surface area contributed by atoms with Crippen molar-refractivity contribution in [3.63, 3.8) is 0 Å². The number of rotatable bonds is 7. The first-order valence-corrected chi connectivity index (χ1v) is 7.08. The summed E-state index contributed by atoms with van der Waals surface area (Å²) < 4.78 is 5.21. The SMILES string of the molecule is CCOC(=O)C(NCCN(C)C)c1c(C)cccc1C. The van der Waals surface area contributed by atoms with E-state index in [0.717, 1.165) is 29.8 Å². The molecule has 1 aromatic rings. The average Bonchev–Trinajstić information content (AvgIpc) is 2.36. The minimum Gasteiger partial charge on any atom is -0.465 e. The molecular weight excluding hydrogens is 252 g/mol. The van der Waals surface area contributed by atoms with Gasteiger partial charge in [-0.3, -0.25) is 5.32 Å². The fraction of sp³-hybridized carbons (Fsp3) is 0.562. The monoisotopic (exact) mass is 278 g/mol. The highest BCUT2D eigenvalue weighted by molar-refractivity contribution is 5.78. The molecule has 1 unspecified atom stereocenters. The molecular formula is C16H26N2O2. The Hall–Kier alpha value is -1.39. The lowest BCUT2D eigenvalue weighted by Gasteiger charge is -2.22. The fourth-order valence-electron chi connectivity index (χ4n) is 2.24. The number of hydrogen-bond donors (Lipinski definition) is 1. The van der Waals surface area contributed by atoms with E-state index in [1.165, 1.54) is 0 Å². The number of hydrogen-bond acceptors (Lipinski definition) is 4. The number of likely N-dealkylation sites (N-methyl/N-ethyl adjacent to an activating group) is 1. The van der Waals surface area contributed by atoms with Crippen LogP contribution in [-0.2, 0) is 9.53 Å². The Bertz CT molecular complexity index is 424. The third kappa shape index (κ3) is 4.62. The second-order valence-electron chi connectivity index (χ2n) is 5.25. The van der Waals surface area contributed by atoms with Crippen LogP contribution in [0.15, 0.2) is 18.2 Å². The van der Waals surface area contributed by atoms with Crippen LogP contribution in [0.5, 0.6) is 0 Å². The second-order valence-corrected chi connectivity index (χ2v) is 5.25. The van der Waals surface area contributed by atoms with E-state index in [1.807, 2.05) is 53.1 Å². The molecule has 0 aliphatic heterocycles. The Balaban J connectivity index is 2.94. The van der Waals surface area contributed by atoms with Crippen molar-refractivity contribution in [3.8, 4) is 0 Å². The zero-order valence-corrected chi connectivity index (χ0v) is 13.2. The highest BCUT2D eigenvalue weighted by Gasteiger charge is 2.24. The van der Waals surface area contributed by atoms with Gasteiger partial charge in [-0.1, -0.05) is 18.2 Å². The highest BCUT2D eigenvalue weighted by atomic mass is 16.5. The van der Waals surface area contributed by atoms with Crippen molar-refractivity contribution < 1.29 is 9.53 Å². The Morgan fingerprint density at radius 2 is 1.90 bits per heavy atom. The zero-order chi connectivity index (χ0) is 15.1. The lowest BCUT2D eigenvalue weighted by atomic mass is 9.96.